The molecular weight excluding hydrogens is 711 g/mol. The van der Waals surface area contributed by atoms with E-state index in [0.29, 0.717) is 0 Å². The molecule has 0 radical (unpaired) electrons. The van der Waals surface area contributed by atoms with Crippen LogP contribution in [0.25, 0.3) is 11.1 Å². The Kier molecular flexibility index (Phi) is 13.1. The van der Waals surface area contributed by atoms with E-state index in [1.807, 2.05) is 0 Å². The third-order valence-electron chi connectivity index (χ3n) is 13.4. The second-order valence-electron chi connectivity index (χ2n) is 20.9. The molecule has 316 valence electrons. The molecule has 5 heteroatoms. The van der Waals surface area contributed by atoms with E-state index in [9.17, 15) is 0 Å². The molecular formula is C53H80N3O2+3. The maximum atomic E-state index is 7.33. The van der Waals surface area contributed by atoms with Crippen LogP contribution in [0.5, 0.6) is 11.5 Å². The first-order valence-electron chi connectivity index (χ1n) is 23.4. The fraction of sp³-hybridized carbons (Fsp3) is 0.623. The van der Waals surface area contributed by atoms with Crippen LogP contribution in [-0.2, 0) is 23.7 Å². The van der Waals surface area contributed by atoms with Crippen molar-refractivity contribution in [3.05, 3.63) is 81.4 Å². The van der Waals surface area contributed by atoms with Gasteiger partial charge in [0, 0.05) is 25.8 Å². The molecule has 6 rings (SSSR count). The summed E-state index contributed by atoms with van der Waals surface area (Å²) in [5.74, 6) is 1.85. The standard InChI is InChI=1S/C53H80N3O2/c1-14-18-24-40-25-22-26-41(27-23-31-56(28-19-15-2,29-20-16-3)30-21-17-4)47(40)42-32-39(5)48-43(33-42)37-55-52(12,13)38-54-36-44-34-45(50(6,7)8)35-46(51(9,10)11)49(44)58-53(54,55)57-48/h22,25-26,32-37H,14-21,23-24,27-31,38H2,1-13H3/q+3. The Balaban J connectivity index is 1.41. The summed E-state index contributed by atoms with van der Waals surface area (Å²) in [7, 11) is 0. The Hall–Kier alpha value is -3.44. The SMILES string of the molecule is CCCCc1cccc(CCC[N+](CCCC)(CCCC)CCCC)c1-c1cc(C)c2c(c1)C=[N+]1C(C)(C)C[N+]3=Cc4cc(C(C)(C)C)cc(C(C)(C)C)c4OC31O2. The number of quaternary nitrogens is 1. The predicted octanol–water partition coefficient (Wildman–Crippen LogP) is 12.5. The monoisotopic (exact) mass is 791 g/mol. The Labute approximate surface area is 354 Å². The van der Waals surface area contributed by atoms with E-state index >= 15 is 0 Å². The fourth-order valence-corrected chi connectivity index (χ4v) is 9.90. The third-order valence-corrected chi connectivity index (χ3v) is 13.4. The molecule has 0 saturated carbocycles. The molecule has 1 unspecified atom stereocenters. The summed E-state index contributed by atoms with van der Waals surface area (Å²) in [6.45, 7) is 36.1. The Morgan fingerprint density at radius 3 is 1.78 bits per heavy atom. The molecule has 0 N–H and O–H groups in total. The summed E-state index contributed by atoms with van der Waals surface area (Å²) in [5, 5.41) is 0. The minimum Gasteiger partial charge on any atom is -0.340 e. The number of aryl methyl sites for hydroxylation is 3. The van der Waals surface area contributed by atoms with Crippen LogP contribution in [0.1, 0.15) is 180 Å². The minimum absolute atomic E-state index is 0.0218. The highest BCUT2D eigenvalue weighted by Gasteiger charge is 2.75. The van der Waals surface area contributed by atoms with Crippen molar-refractivity contribution in [3.8, 4) is 22.6 Å². The number of hydrogen-bond donors (Lipinski definition) is 0. The zero-order valence-electron chi connectivity index (χ0n) is 39.2. The zero-order chi connectivity index (χ0) is 42.1. The van der Waals surface area contributed by atoms with Gasteiger partial charge in [-0.3, -0.25) is 0 Å². The lowest BCUT2D eigenvalue weighted by atomic mass is 9.79. The van der Waals surface area contributed by atoms with Crippen LogP contribution in [0.15, 0.2) is 42.5 Å². The van der Waals surface area contributed by atoms with Crippen molar-refractivity contribution in [3.63, 3.8) is 0 Å². The van der Waals surface area contributed by atoms with Gasteiger partial charge in [-0.15, -0.1) is 0 Å². The van der Waals surface area contributed by atoms with Gasteiger partial charge in [-0.2, -0.15) is 0 Å². The van der Waals surface area contributed by atoms with Gasteiger partial charge in [0.05, 0.1) is 37.3 Å². The molecule has 5 nitrogen and oxygen atoms in total. The van der Waals surface area contributed by atoms with Gasteiger partial charge < -0.3 is 14.0 Å². The summed E-state index contributed by atoms with van der Waals surface area (Å²) in [6.07, 6.45) is 18.3. The molecule has 1 saturated heterocycles. The first-order valence-corrected chi connectivity index (χ1v) is 23.4. The Morgan fingerprint density at radius 1 is 0.655 bits per heavy atom. The maximum absolute atomic E-state index is 7.33. The molecule has 3 aromatic rings. The van der Waals surface area contributed by atoms with Crippen molar-refractivity contribution in [1.82, 2.24) is 0 Å². The number of rotatable bonds is 17. The lowest BCUT2D eigenvalue weighted by Crippen LogP contribution is -2.61. The topological polar surface area (TPSA) is 24.5 Å². The third kappa shape index (κ3) is 8.86. The van der Waals surface area contributed by atoms with E-state index in [1.165, 1.54) is 122 Å². The minimum atomic E-state index is -1.10. The number of hydrogen-bond acceptors (Lipinski definition) is 2. The van der Waals surface area contributed by atoms with E-state index in [1.54, 1.807) is 0 Å². The number of fused-ring (bicyclic) bond motifs is 2. The van der Waals surface area contributed by atoms with Gasteiger partial charge in [-0.25, -0.2) is 0 Å². The lowest BCUT2D eigenvalue weighted by Gasteiger charge is -2.39. The summed E-state index contributed by atoms with van der Waals surface area (Å²) in [5.41, 5.74) is 11.4. The molecule has 0 aliphatic carbocycles. The van der Waals surface area contributed by atoms with E-state index in [0.717, 1.165) is 47.6 Å². The van der Waals surface area contributed by atoms with Crippen LogP contribution >= 0.6 is 0 Å². The molecule has 3 heterocycles. The highest BCUT2D eigenvalue weighted by atomic mass is 16.7. The highest BCUT2D eigenvalue weighted by molar-refractivity contribution is 5.87. The van der Waals surface area contributed by atoms with Crippen LogP contribution < -0.4 is 9.47 Å². The summed E-state index contributed by atoms with van der Waals surface area (Å²) in [6, 6.07) is 15.6. The molecule has 1 fully saturated rings. The van der Waals surface area contributed by atoms with Gasteiger partial charge >= 0.3 is 6.03 Å². The number of unbranched alkanes of at least 4 members (excludes halogenated alkanes) is 4. The summed E-state index contributed by atoms with van der Waals surface area (Å²) in [4.78, 5) is 0. The molecule has 58 heavy (non-hydrogen) atoms. The average Bonchev–Trinajstić information content (AvgIpc) is 3.39. The van der Waals surface area contributed by atoms with Crippen LogP contribution in [0.3, 0.4) is 0 Å². The molecule has 3 aromatic carbocycles. The predicted molar refractivity (Wildman–Crippen MR) is 246 cm³/mol. The van der Waals surface area contributed by atoms with Gasteiger partial charge in [0.2, 0.25) is 12.1 Å². The van der Waals surface area contributed by atoms with E-state index in [4.69, 9.17) is 9.47 Å². The van der Waals surface area contributed by atoms with Crippen LogP contribution in [0, 0.1) is 6.92 Å². The van der Waals surface area contributed by atoms with Gasteiger partial charge in [0.25, 0.3) is 0 Å². The van der Waals surface area contributed by atoms with Gasteiger partial charge in [0.1, 0.15) is 0 Å². The molecule has 1 spiro atoms. The summed E-state index contributed by atoms with van der Waals surface area (Å²) >= 11 is 0. The van der Waals surface area contributed by atoms with E-state index in [2.05, 4.69) is 154 Å². The Morgan fingerprint density at radius 2 is 1.21 bits per heavy atom. The first kappa shape index (κ1) is 44.1. The largest absolute Gasteiger partial charge is 0.704 e. The van der Waals surface area contributed by atoms with Crippen LogP contribution in [0.2, 0.25) is 0 Å². The Bertz CT molecular complexity index is 1980. The molecule has 3 aliphatic heterocycles. The molecule has 1 atom stereocenters. The van der Waals surface area contributed by atoms with E-state index in [-0.39, 0.29) is 16.4 Å². The van der Waals surface area contributed by atoms with Crippen molar-refractivity contribution >= 4 is 12.4 Å². The molecule has 0 bridgehead atoms. The number of nitrogens with zero attached hydrogens (tertiary/aromatic N) is 3. The van der Waals surface area contributed by atoms with Gasteiger partial charge in [-0.1, -0.05) is 128 Å². The highest BCUT2D eigenvalue weighted by Crippen LogP contribution is 2.47. The van der Waals surface area contributed by atoms with Crippen LogP contribution in [0.4, 0.5) is 0 Å². The van der Waals surface area contributed by atoms with Crippen LogP contribution in [-0.4, -0.2) is 70.4 Å². The smallest absolute Gasteiger partial charge is 0.340 e. The lowest BCUT2D eigenvalue weighted by molar-refractivity contribution is -0.929. The average molecular weight is 791 g/mol. The van der Waals surface area contributed by atoms with Crippen molar-refractivity contribution in [2.75, 3.05) is 32.7 Å². The maximum Gasteiger partial charge on any atom is 0.704 e. The fourth-order valence-electron chi connectivity index (χ4n) is 9.90. The normalized spacial score (nSPS) is 18.4. The van der Waals surface area contributed by atoms with Gasteiger partial charge in [-0.05, 0) is 108 Å². The number of benzene rings is 3. The summed E-state index contributed by atoms with van der Waals surface area (Å²) < 4.78 is 20.6. The van der Waals surface area contributed by atoms with Gasteiger partial charge in [0.15, 0.2) is 23.9 Å². The molecule has 3 aliphatic rings. The van der Waals surface area contributed by atoms with Crippen molar-refractivity contribution in [2.45, 2.75) is 183 Å². The van der Waals surface area contributed by atoms with Crippen molar-refractivity contribution < 1.29 is 23.1 Å². The second-order valence-corrected chi connectivity index (χ2v) is 20.9. The molecule has 0 aromatic heterocycles. The van der Waals surface area contributed by atoms with E-state index < -0.39 is 6.03 Å². The number of ether oxygens (including phenoxy) is 2. The first-order chi connectivity index (χ1) is 27.4. The second kappa shape index (κ2) is 17.3. The van der Waals surface area contributed by atoms with Crippen molar-refractivity contribution in [2.24, 2.45) is 0 Å². The quantitative estimate of drug-likeness (QED) is 0.100. The van der Waals surface area contributed by atoms with Crippen molar-refractivity contribution in [1.29, 1.82) is 0 Å². The molecule has 0 amide bonds. The zero-order valence-corrected chi connectivity index (χ0v) is 39.2.